The highest BCUT2D eigenvalue weighted by molar-refractivity contribution is 7.86. The van der Waals surface area contributed by atoms with Crippen LogP contribution in [0.2, 0.25) is 0 Å². The lowest BCUT2D eigenvalue weighted by molar-refractivity contribution is 0.00274. The third-order valence-corrected chi connectivity index (χ3v) is 1.63. The lowest BCUT2D eigenvalue weighted by Gasteiger charge is -1.92. The fourth-order valence-electron chi connectivity index (χ4n) is 0.273. The lowest BCUT2D eigenvalue weighted by atomic mass is 10.5. The molecule has 0 aromatic rings. The van der Waals surface area contributed by atoms with Gasteiger partial charge in [0.15, 0.2) is 0 Å². The Labute approximate surface area is 52.3 Å². The molecular formula is C3H7FO4S. The summed E-state index contributed by atoms with van der Waals surface area (Å²) in [5, 5.41) is 8.08. The van der Waals surface area contributed by atoms with E-state index < -0.39 is 15.9 Å². The van der Waals surface area contributed by atoms with E-state index in [1.165, 1.54) is 0 Å². The topological polar surface area (TPSA) is 63.6 Å². The van der Waals surface area contributed by atoms with E-state index in [2.05, 4.69) is 4.39 Å². The smallest absolute Gasteiger partial charge is 0.298 e. The summed E-state index contributed by atoms with van der Waals surface area (Å²) >= 11 is 0. The zero-order valence-electron chi connectivity index (χ0n) is 4.58. The molecule has 0 bridgehead atoms. The van der Waals surface area contributed by atoms with Gasteiger partial charge in [-0.15, -0.1) is 0 Å². The molecule has 0 aromatic heterocycles. The summed E-state index contributed by atoms with van der Waals surface area (Å²) in [7, 11) is -4.01. The molecule has 0 unspecified atom stereocenters. The van der Waals surface area contributed by atoms with Gasteiger partial charge in [-0.05, 0) is 10.9 Å². The number of hydrogen-bond donors (Lipinski definition) is 1. The Kier molecular flexibility index (Phi) is 3.67. The average Bonchev–Trinajstić information content (AvgIpc) is 1.84. The summed E-state index contributed by atoms with van der Waals surface area (Å²) in [6.07, 6.45) is -0.00769. The monoisotopic (exact) mass is 158 g/mol. The number of aliphatic hydroxyl groups is 1. The quantitative estimate of drug-likeness (QED) is 0.604. The summed E-state index contributed by atoms with van der Waals surface area (Å²) in [5.74, 6) is -0.486. The van der Waals surface area contributed by atoms with E-state index in [0.717, 1.165) is 0 Å². The van der Waals surface area contributed by atoms with E-state index in [4.69, 9.17) is 5.11 Å². The van der Waals surface area contributed by atoms with E-state index >= 15 is 0 Å². The van der Waals surface area contributed by atoms with Gasteiger partial charge in [0.05, 0.1) is 5.75 Å². The number of aliphatic hydroxyl groups excluding tert-OH is 1. The van der Waals surface area contributed by atoms with E-state index in [1.807, 2.05) is 0 Å². The van der Waals surface area contributed by atoms with Gasteiger partial charge >= 0.3 is 0 Å². The minimum absolute atomic E-state index is 0.00769. The van der Waals surface area contributed by atoms with Crippen molar-refractivity contribution in [1.29, 1.82) is 0 Å². The number of hydrogen-bond acceptors (Lipinski definition) is 4. The molecule has 1 N–H and O–H groups in total. The van der Waals surface area contributed by atoms with Crippen LogP contribution in [0.25, 0.3) is 0 Å². The van der Waals surface area contributed by atoms with Crippen molar-refractivity contribution in [3.8, 4) is 0 Å². The standard InChI is InChI=1S/C3H7FO4S/c4-8-9(6,7)3-1-2-5/h5H,1-3H2. The second kappa shape index (κ2) is 3.76. The maximum absolute atomic E-state index is 10.9. The van der Waals surface area contributed by atoms with Crippen LogP contribution in [0.4, 0.5) is 4.53 Å². The highest BCUT2D eigenvalue weighted by Crippen LogP contribution is 1.94. The summed E-state index contributed by atoms with van der Waals surface area (Å²) in [6.45, 7) is -0.289. The molecule has 56 valence electrons. The van der Waals surface area contributed by atoms with Gasteiger partial charge in [0, 0.05) is 6.61 Å². The molecule has 0 heterocycles. The van der Waals surface area contributed by atoms with Crippen LogP contribution in [0.3, 0.4) is 0 Å². The zero-order valence-corrected chi connectivity index (χ0v) is 5.40. The van der Waals surface area contributed by atoms with Gasteiger partial charge in [-0.1, -0.05) is 4.39 Å². The maximum Gasteiger partial charge on any atom is 0.298 e. The molecule has 0 aliphatic carbocycles. The van der Waals surface area contributed by atoms with Gasteiger partial charge in [0.25, 0.3) is 10.1 Å². The Morgan fingerprint density at radius 2 is 2.11 bits per heavy atom. The highest BCUT2D eigenvalue weighted by Gasteiger charge is 2.09. The van der Waals surface area contributed by atoms with Crippen LogP contribution >= 0.6 is 0 Å². The number of halogens is 1. The highest BCUT2D eigenvalue weighted by atomic mass is 32.2. The average molecular weight is 158 g/mol. The summed E-state index contributed by atoms with van der Waals surface area (Å²) in [6, 6.07) is 0. The summed E-state index contributed by atoms with van der Waals surface area (Å²) in [4.78, 5) is 0. The minimum Gasteiger partial charge on any atom is -0.396 e. The SMILES string of the molecule is O=S(=O)(CCCO)OF. The van der Waals surface area contributed by atoms with Gasteiger partial charge in [-0.2, -0.15) is 8.42 Å². The van der Waals surface area contributed by atoms with Crippen LogP contribution < -0.4 is 0 Å². The first kappa shape index (κ1) is 8.80. The van der Waals surface area contributed by atoms with Crippen molar-refractivity contribution in [2.45, 2.75) is 6.42 Å². The predicted molar refractivity (Wildman–Crippen MR) is 27.7 cm³/mol. The maximum atomic E-state index is 10.9. The van der Waals surface area contributed by atoms with Gasteiger partial charge in [0.1, 0.15) is 0 Å². The van der Waals surface area contributed by atoms with Crippen LogP contribution in [0.1, 0.15) is 6.42 Å². The second-order valence-electron chi connectivity index (χ2n) is 1.40. The zero-order chi connectivity index (χ0) is 7.33. The molecule has 0 aliphatic heterocycles. The molecule has 0 atom stereocenters. The van der Waals surface area contributed by atoms with Crippen molar-refractivity contribution in [3.63, 3.8) is 0 Å². The predicted octanol–water partition coefficient (Wildman–Crippen LogP) is -0.400. The van der Waals surface area contributed by atoms with E-state index in [9.17, 15) is 12.9 Å². The molecule has 0 aliphatic rings. The Hall–Kier alpha value is -0.200. The van der Waals surface area contributed by atoms with Crippen molar-refractivity contribution in [2.24, 2.45) is 0 Å². The Morgan fingerprint density at radius 3 is 2.44 bits per heavy atom. The molecule has 0 fully saturated rings. The summed E-state index contributed by atoms with van der Waals surface area (Å²) < 4.78 is 33.6. The molecule has 0 saturated heterocycles. The summed E-state index contributed by atoms with van der Waals surface area (Å²) in [5.41, 5.74) is 0. The van der Waals surface area contributed by atoms with Gasteiger partial charge < -0.3 is 5.11 Å². The van der Waals surface area contributed by atoms with Crippen LogP contribution in [0.5, 0.6) is 0 Å². The van der Waals surface area contributed by atoms with E-state index in [0.29, 0.717) is 0 Å². The molecule has 9 heavy (non-hydrogen) atoms. The van der Waals surface area contributed by atoms with Gasteiger partial charge in [-0.25, -0.2) is 0 Å². The first-order valence-electron chi connectivity index (χ1n) is 2.26. The molecular weight excluding hydrogens is 151 g/mol. The van der Waals surface area contributed by atoms with Crippen molar-refractivity contribution >= 4 is 10.1 Å². The van der Waals surface area contributed by atoms with Crippen LogP contribution in [-0.2, 0) is 14.5 Å². The molecule has 0 aromatic carbocycles. The largest absolute Gasteiger partial charge is 0.396 e. The molecule has 4 nitrogen and oxygen atoms in total. The fraction of sp³-hybridized carbons (Fsp3) is 1.00. The van der Waals surface area contributed by atoms with Crippen LogP contribution in [0.15, 0.2) is 0 Å². The first-order chi connectivity index (χ1) is 4.12. The molecule has 6 heteroatoms. The molecule has 0 amide bonds. The van der Waals surface area contributed by atoms with Crippen LogP contribution in [0, 0.1) is 0 Å². The third kappa shape index (κ3) is 4.31. The Morgan fingerprint density at radius 1 is 1.56 bits per heavy atom. The molecule has 0 spiro atoms. The molecule has 0 saturated carbocycles. The first-order valence-corrected chi connectivity index (χ1v) is 3.84. The Balaban J connectivity index is 3.61. The second-order valence-corrected chi connectivity index (χ2v) is 3.05. The Bertz CT molecular complexity index is 151. The fourth-order valence-corrected chi connectivity index (χ4v) is 0.818. The third-order valence-electron chi connectivity index (χ3n) is 0.648. The van der Waals surface area contributed by atoms with Crippen molar-refractivity contribution in [3.05, 3.63) is 0 Å². The normalized spacial score (nSPS) is 11.8. The molecule has 0 radical (unpaired) electrons. The van der Waals surface area contributed by atoms with Crippen molar-refractivity contribution in [1.82, 2.24) is 0 Å². The van der Waals surface area contributed by atoms with E-state index in [1.54, 1.807) is 0 Å². The van der Waals surface area contributed by atoms with Crippen molar-refractivity contribution in [2.75, 3.05) is 12.4 Å². The number of rotatable bonds is 4. The minimum atomic E-state index is -4.01. The molecule has 0 rings (SSSR count). The van der Waals surface area contributed by atoms with Crippen LogP contribution in [-0.4, -0.2) is 25.9 Å². The lowest BCUT2D eigenvalue weighted by Crippen LogP contribution is -2.06. The van der Waals surface area contributed by atoms with E-state index in [-0.39, 0.29) is 13.0 Å². The van der Waals surface area contributed by atoms with Crippen molar-refractivity contribution < 1.29 is 22.4 Å². The van der Waals surface area contributed by atoms with Gasteiger partial charge in [0.2, 0.25) is 0 Å². The van der Waals surface area contributed by atoms with Gasteiger partial charge in [-0.3, -0.25) is 0 Å².